The fourth-order valence-corrected chi connectivity index (χ4v) is 2.52. The van der Waals surface area contributed by atoms with Crippen molar-refractivity contribution < 1.29 is 9.47 Å². The highest BCUT2D eigenvalue weighted by Crippen LogP contribution is 2.42. The molecule has 1 aromatic heterocycles. The molecule has 0 aromatic carbocycles. The van der Waals surface area contributed by atoms with Gasteiger partial charge in [-0.05, 0) is 31.4 Å². The Hall–Kier alpha value is -0.930. The van der Waals surface area contributed by atoms with Gasteiger partial charge in [-0.1, -0.05) is 0 Å². The molecule has 1 unspecified atom stereocenters. The fourth-order valence-electron chi connectivity index (χ4n) is 2.52. The molecule has 0 bridgehead atoms. The third kappa shape index (κ3) is 1.38. The normalized spacial score (nSPS) is 29.4. The molecule has 3 heterocycles. The highest BCUT2D eigenvalue weighted by atomic mass is 16.5. The summed E-state index contributed by atoms with van der Waals surface area (Å²) < 4.78 is 11.5. The number of hydrogen-bond donors (Lipinski definition) is 0. The van der Waals surface area contributed by atoms with E-state index >= 15 is 0 Å². The van der Waals surface area contributed by atoms with Crippen molar-refractivity contribution in [2.75, 3.05) is 13.2 Å². The van der Waals surface area contributed by atoms with E-state index in [1.54, 1.807) is 0 Å². The van der Waals surface area contributed by atoms with Crippen LogP contribution in [-0.4, -0.2) is 18.2 Å². The van der Waals surface area contributed by atoms with Crippen LogP contribution >= 0.6 is 0 Å². The van der Waals surface area contributed by atoms with E-state index in [1.807, 2.05) is 13.1 Å². The topological polar surface area (TPSA) is 31.4 Å². The van der Waals surface area contributed by atoms with Gasteiger partial charge in [-0.15, -0.1) is 0 Å². The van der Waals surface area contributed by atoms with E-state index in [9.17, 15) is 0 Å². The molecule has 0 N–H and O–H groups in total. The van der Waals surface area contributed by atoms with Gasteiger partial charge < -0.3 is 9.47 Å². The van der Waals surface area contributed by atoms with Crippen LogP contribution in [0.4, 0.5) is 0 Å². The van der Waals surface area contributed by atoms with Gasteiger partial charge >= 0.3 is 0 Å². The Morgan fingerprint density at radius 2 is 2.40 bits per heavy atom. The summed E-state index contributed by atoms with van der Waals surface area (Å²) in [4.78, 5) is 4.31. The first-order valence-corrected chi connectivity index (χ1v) is 5.48. The molecule has 3 nitrogen and oxygen atoms in total. The molecule has 80 valence electrons. The van der Waals surface area contributed by atoms with Gasteiger partial charge in [0, 0.05) is 24.1 Å². The van der Waals surface area contributed by atoms with E-state index in [0.29, 0.717) is 13.2 Å². The maximum absolute atomic E-state index is 5.94. The van der Waals surface area contributed by atoms with Crippen LogP contribution in [0.2, 0.25) is 0 Å². The number of rotatable bonds is 0. The van der Waals surface area contributed by atoms with Crippen LogP contribution in [0.1, 0.15) is 29.7 Å². The van der Waals surface area contributed by atoms with Gasteiger partial charge in [0.1, 0.15) is 5.60 Å². The SMILES string of the molecule is Cc1cc2c(cn1)COC21CCCOC1. The summed E-state index contributed by atoms with van der Waals surface area (Å²) in [6.07, 6.45) is 4.10. The fraction of sp³-hybridized carbons (Fsp3) is 0.583. The lowest BCUT2D eigenvalue weighted by atomic mass is 9.88. The minimum Gasteiger partial charge on any atom is -0.378 e. The maximum Gasteiger partial charge on any atom is 0.117 e. The summed E-state index contributed by atoms with van der Waals surface area (Å²) in [6, 6.07) is 2.15. The van der Waals surface area contributed by atoms with Gasteiger partial charge in [-0.3, -0.25) is 4.98 Å². The lowest BCUT2D eigenvalue weighted by Gasteiger charge is -2.33. The lowest BCUT2D eigenvalue weighted by molar-refractivity contribution is -0.126. The molecule has 1 spiro atoms. The summed E-state index contributed by atoms with van der Waals surface area (Å²) in [5.41, 5.74) is 3.42. The number of pyridine rings is 1. The average Bonchev–Trinajstić information content (AvgIpc) is 2.59. The van der Waals surface area contributed by atoms with Crippen LogP contribution in [0.15, 0.2) is 12.3 Å². The first kappa shape index (κ1) is 9.31. The summed E-state index contributed by atoms with van der Waals surface area (Å²) in [5, 5.41) is 0. The second kappa shape index (κ2) is 3.29. The monoisotopic (exact) mass is 205 g/mol. The summed E-state index contributed by atoms with van der Waals surface area (Å²) in [5.74, 6) is 0. The van der Waals surface area contributed by atoms with E-state index < -0.39 is 0 Å². The largest absolute Gasteiger partial charge is 0.378 e. The van der Waals surface area contributed by atoms with Crippen molar-refractivity contribution in [1.82, 2.24) is 4.98 Å². The predicted molar refractivity (Wildman–Crippen MR) is 55.5 cm³/mol. The minimum atomic E-state index is -0.165. The molecule has 15 heavy (non-hydrogen) atoms. The van der Waals surface area contributed by atoms with Gasteiger partial charge in [0.05, 0.1) is 13.2 Å². The van der Waals surface area contributed by atoms with E-state index in [1.165, 1.54) is 11.1 Å². The van der Waals surface area contributed by atoms with Gasteiger partial charge in [-0.2, -0.15) is 0 Å². The molecule has 1 fully saturated rings. The Kier molecular flexibility index (Phi) is 2.04. The second-order valence-electron chi connectivity index (χ2n) is 4.42. The van der Waals surface area contributed by atoms with Gasteiger partial charge in [0.2, 0.25) is 0 Å². The first-order chi connectivity index (χ1) is 7.30. The quantitative estimate of drug-likeness (QED) is 0.648. The summed E-state index contributed by atoms with van der Waals surface area (Å²) >= 11 is 0. The predicted octanol–water partition coefficient (Wildman–Crippen LogP) is 1.93. The van der Waals surface area contributed by atoms with Crippen molar-refractivity contribution in [1.29, 1.82) is 0 Å². The lowest BCUT2D eigenvalue weighted by Crippen LogP contribution is -2.35. The standard InChI is InChI=1S/C12H15NO2/c1-9-5-11-10(6-13-9)7-15-12(11)3-2-4-14-8-12/h5-6H,2-4,7-8H2,1H3. The Morgan fingerprint density at radius 1 is 1.47 bits per heavy atom. The first-order valence-electron chi connectivity index (χ1n) is 5.48. The minimum absolute atomic E-state index is 0.165. The molecule has 2 aliphatic heterocycles. The third-order valence-electron chi connectivity index (χ3n) is 3.32. The number of nitrogens with zero attached hydrogens (tertiary/aromatic N) is 1. The highest BCUT2D eigenvalue weighted by molar-refractivity contribution is 5.35. The van der Waals surface area contributed by atoms with Crippen LogP contribution in [-0.2, 0) is 21.7 Å². The third-order valence-corrected chi connectivity index (χ3v) is 3.32. The molecule has 3 heteroatoms. The molecular formula is C12H15NO2. The Morgan fingerprint density at radius 3 is 3.20 bits per heavy atom. The Bertz CT molecular complexity index is 378. The van der Waals surface area contributed by atoms with Gasteiger partial charge in [0.25, 0.3) is 0 Å². The molecular weight excluding hydrogens is 190 g/mol. The van der Waals surface area contributed by atoms with Crippen LogP contribution in [0.3, 0.4) is 0 Å². The van der Waals surface area contributed by atoms with Crippen molar-refractivity contribution in [3.8, 4) is 0 Å². The van der Waals surface area contributed by atoms with E-state index in [-0.39, 0.29) is 5.60 Å². The molecule has 1 atom stereocenters. The van der Waals surface area contributed by atoms with Gasteiger partial charge in [-0.25, -0.2) is 0 Å². The molecule has 0 radical (unpaired) electrons. The Labute approximate surface area is 89.4 Å². The van der Waals surface area contributed by atoms with Crippen molar-refractivity contribution in [3.05, 3.63) is 29.1 Å². The highest BCUT2D eigenvalue weighted by Gasteiger charge is 2.41. The second-order valence-corrected chi connectivity index (χ2v) is 4.42. The van der Waals surface area contributed by atoms with Crippen molar-refractivity contribution in [2.45, 2.75) is 32.0 Å². The molecule has 0 amide bonds. The maximum atomic E-state index is 5.94. The number of ether oxygens (including phenoxy) is 2. The molecule has 0 aliphatic carbocycles. The van der Waals surface area contributed by atoms with Crippen molar-refractivity contribution in [3.63, 3.8) is 0 Å². The van der Waals surface area contributed by atoms with Crippen LogP contribution in [0.25, 0.3) is 0 Å². The zero-order chi connectivity index (χ0) is 10.3. The summed E-state index contributed by atoms with van der Waals surface area (Å²) in [7, 11) is 0. The average molecular weight is 205 g/mol. The number of aryl methyl sites for hydroxylation is 1. The van der Waals surface area contributed by atoms with Gasteiger partial charge in [0.15, 0.2) is 0 Å². The molecule has 0 saturated carbocycles. The zero-order valence-electron chi connectivity index (χ0n) is 8.95. The van der Waals surface area contributed by atoms with Crippen LogP contribution in [0.5, 0.6) is 0 Å². The molecule has 2 aliphatic rings. The van der Waals surface area contributed by atoms with Crippen LogP contribution < -0.4 is 0 Å². The number of fused-ring (bicyclic) bond motifs is 2. The van der Waals surface area contributed by atoms with Crippen LogP contribution in [0, 0.1) is 6.92 Å². The van der Waals surface area contributed by atoms with E-state index in [4.69, 9.17) is 9.47 Å². The number of hydrogen-bond acceptors (Lipinski definition) is 3. The van der Waals surface area contributed by atoms with Crippen molar-refractivity contribution >= 4 is 0 Å². The molecule has 3 rings (SSSR count). The Balaban J connectivity index is 2.05. The number of aromatic nitrogens is 1. The molecule has 1 aromatic rings. The van der Waals surface area contributed by atoms with E-state index in [0.717, 1.165) is 25.1 Å². The molecule has 1 saturated heterocycles. The van der Waals surface area contributed by atoms with Crippen molar-refractivity contribution in [2.24, 2.45) is 0 Å². The van der Waals surface area contributed by atoms with E-state index in [2.05, 4.69) is 11.1 Å². The smallest absolute Gasteiger partial charge is 0.117 e. The summed E-state index contributed by atoms with van der Waals surface area (Å²) in [6.45, 7) is 4.27. The zero-order valence-corrected chi connectivity index (χ0v) is 8.95.